The Hall–Kier alpha value is -2.47. The van der Waals surface area contributed by atoms with Gasteiger partial charge in [-0.25, -0.2) is 4.39 Å². The molecule has 2 heterocycles. The number of anilines is 2. The zero-order valence-electron chi connectivity index (χ0n) is 13.7. The average molecular weight is 328 g/mol. The zero-order chi connectivity index (χ0) is 16.9. The first-order valence-electron chi connectivity index (χ1n) is 8.09. The first-order chi connectivity index (χ1) is 11.6. The van der Waals surface area contributed by atoms with Gasteiger partial charge in [-0.1, -0.05) is 0 Å². The third-order valence-corrected chi connectivity index (χ3v) is 4.38. The van der Waals surface area contributed by atoms with Crippen molar-refractivity contribution in [3.63, 3.8) is 0 Å². The molecule has 0 spiro atoms. The predicted molar refractivity (Wildman–Crippen MR) is 92.5 cm³/mol. The van der Waals surface area contributed by atoms with Gasteiger partial charge >= 0.3 is 0 Å². The maximum atomic E-state index is 13.0. The van der Waals surface area contributed by atoms with E-state index in [-0.39, 0.29) is 17.8 Å². The third-order valence-electron chi connectivity index (χ3n) is 4.38. The molecule has 0 bridgehead atoms. The summed E-state index contributed by atoms with van der Waals surface area (Å²) < 4.78 is 13.0. The summed E-state index contributed by atoms with van der Waals surface area (Å²) in [5, 5.41) is 2.91. The Labute approximate surface area is 141 Å². The highest BCUT2D eigenvalue weighted by molar-refractivity contribution is 5.94. The molecule has 1 atom stereocenters. The summed E-state index contributed by atoms with van der Waals surface area (Å²) in [7, 11) is 0. The van der Waals surface area contributed by atoms with Crippen molar-refractivity contribution in [3.8, 4) is 0 Å². The van der Waals surface area contributed by atoms with Crippen LogP contribution < -0.4 is 10.2 Å². The summed E-state index contributed by atoms with van der Waals surface area (Å²) in [5.41, 5.74) is 1.77. The van der Waals surface area contributed by atoms with Crippen molar-refractivity contribution < 1.29 is 9.18 Å². The summed E-state index contributed by atoms with van der Waals surface area (Å²) >= 11 is 0. The molecule has 1 fully saturated rings. The predicted octanol–water partition coefficient (Wildman–Crippen LogP) is 2.37. The number of halogens is 1. The van der Waals surface area contributed by atoms with Crippen LogP contribution in [0.1, 0.15) is 6.92 Å². The molecule has 24 heavy (non-hydrogen) atoms. The van der Waals surface area contributed by atoms with Gasteiger partial charge in [0.2, 0.25) is 5.91 Å². The minimum atomic E-state index is -0.223. The number of hydrogen-bond donors (Lipinski definition) is 1. The summed E-state index contributed by atoms with van der Waals surface area (Å²) in [5.74, 6) is -0.241. The van der Waals surface area contributed by atoms with Gasteiger partial charge in [-0.15, -0.1) is 0 Å². The molecule has 1 saturated heterocycles. The molecule has 5 nitrogen and oxygen atoms in total. The molecular weight excluding hydrogens is 307 g/mol. The van der Waals surface area contributed by atoms with Gasteiger partial charge in [0.1, 0.15) is 5.82 Å². The fourth-order valence-corrected chi connectivity index (χ4v) is 2.87. The van der Waals surface area contributed by atoms with Gasteiger partial charge in [-0.3, -0.25) is 14.7 Å². The van der Waals surface area contributed by atoms with Crippen molar-refractivity contribution in [1.82, 2.24) is 9.88 Å². The molecule has 3 rings (SSSR count). The number of aromatic nitrogens is 1. The molecule has 1 aromatic carbocycles. The highest BCUT2D eigenvalue weighted by Gasteiger charge is 2.25. The van der Waals surface area contributed by atoms with Gasteiger partial charge < -0.3 is 10.2 Å². The van der Waals surface area contributed by atoms with Crippen LogP contribution in [0.5, 0.6) is 0 Å². The smallest absolute Gasteiger partial charge is 0.241 e. The Bertz CT molecular complexity index is 669. The monoisotopic (exact) mass is 328 g/mol. The number of carbonyl (C=O) groups is 1. The molecule has 1 aromatic heterocycles. The number of nitrogens with zero attached hydrogens (tertiary/aromatic N) is 3. The van der Waals surface area contributed by atoms with Gasteiger partial charge in [0.05, 0.1) is 6.04 Å². The van der Waals surface area contributed by atoms with Crippen LogP contribution in [0.3, 0.4) is 0 Å². The van der Waals surface area contributed by atoms with E-state index in [1.54, 1.807) is 36.7 Å². The third kappa shape index (κ3) is 3.89. The van der Waals surface area contributed by atoms with Crippen LogP contribution in [0, 0.1) is 5.82 Å². The number of nitrogens with one attached hydrogen (secondary N) is 1. The minimum Gasteiger partial charge on any atom is -0.369 e. The Kier molecular flexibility index (Phi) is 5.05. The number of amides is 1. The van der Waals surface area contributed by atoms with Crippen LogP contribution in [-0.2, 0) is 4.79 Å². The van der Waals surface area contributed by atoms with E-state index in [0.29, 0.717) is 0 Å². The lowest BCUT2D eigenvalue weighted by atomic mass is 10.2. The molecule has 1 aliphatic heterocycles. The number of hydrogen-bond acceptors (Lipinski definition) is 4. The molecule has 1 aliphatic rings. The van der Waals surface area contributed by atoms with E-state index in [4.69, 9.17) is 0 Å². The van der Waals surface area contributed by atoms with Crippen molar-refractivity contribution in [2.45, 2.75) is 13.0 Å². The van der Waals surface area contributed by atoms with Gasteiger partial charge in [-0.2, -0.15) is 0 Å². The SMILES string of the molecule is CC(C(=O)Nc1ccncc1)N1CCN(c2ccc(F)cc2)CC1. The number of benzene rings is 1. The fraction of sp³-hybridized carbons (Fsp3) is 0.333. The lowest BCUT2D eigenvalue weighted by Crippen LogP contribution is -2.52. The molecule has 6 heteroatoms. The van der Waals surface area contributed by atoms with Gasteiger partial charge in [0.15, 0.2) is 0 Å². The minimum absolute atomic E-state index is 0.0172. The Balaban J connectivity index is 1.54. The van der Waals surface area contributed by atoms with Crippen LogP contribution in [0.4, 0.5) is 15.8 Å². The van der Waals surface area contributed by atoms with Crippen LogP contribution in [0.25, 0.3) is 0 Å². The highest BCUT2D eigenvalue weighted by Crippen LogP contribution is 2.18. The van der Waals surface area contributed by atoms with Crippen LogP contribution in [0.15, 0.2) is 48.8 Å². The molecule has 1 N–H and O–H groups in total. The fourth-order valence-electron chi connectivity index (χ4n) is 2.87. The highest BCUT2D eigenvalue weighted by atomic mass is 19.1. The van der Waals surface area contributed by atoms with Crippen molar-refractivity contribution in [3.05, 3.63) is 54.6 Å². The van der Waals surface area contributed by atoms with Crippen LogP contribution >= 0.6 is 0 Å². The van der Waals surface area contributed by atoms with Gasteiger partial charge in [0, 0.05) is 49.9 Å². The number of rotatable bonds is 4. The Morgan fingerprint density at radius 2 is 1.71 bits per heavy atom. The summed E-state index contributed by atoms with van der Waals surface area (Å²) in [4.78, 5) is 20.7. The number of piperazine rings is 1. The van der Waals surface area contributed by atoms with Crippen molar-refractivity contribution >= 4 is 17.3 Å². The van der Waals surface area contributed by atoms with Crippen molar-refractivity contribution in [2.24, 2.45) is 0 Å². The lowest BCUT2D eigenvalue weighted by molar-refractivity contribution is -0.120. The molecule has 0 radical (unpaired) electrons. The molecule has 0 saturated carbocycles. The quantitative estimate of drug-likeness (QED) is 0.936. The second kappa shape index (κ2) is 7.40. The summed E-state index contributed by atoms with van der Waals surface area (Å²) in [6.45, 7) is 5.14. The molecule has 126 valence electrons. The van der Waals surface area contributed by atoms with Crippen molar-refractivity contribution in [2.75, 3.05) is 36.4 Å². The van der Waals surface area contributed by atoms with Crippen molar-refractivity contribution in [1.29, 1.82) is 0 Å². The van der Waals surface area contributed by atoms with E-state index in [1.165, 1.54) is 12.1 Å². The number of pyridine rings is 1. The standard InChI is InChI=1S/C18H21FN4O/c1-14(18(24)21-16-6-8-20-9-7-16)22-10-12-23(13-11-22)17-4-2-15(19)3-5-17/h2-9,14H,10-13H2,1H3,(H,20,21,24). The largest absolute Gasteiger partial charge is 0.369 e. The summed E-state index contributed by atoms with van der Waals surface area (Å²) in [6, 6.07) is 9.90. The molecule has 0 aliphatic carbocycles. The van der Waals surface area contributed by atoms with Crippen LogP contribution in [-0.4, -0.2) is 48.0 Å². The van der Waals surface area contributed by atoms with Gasteiger partial charge in [-0.05, 0) is 43.3 Å². The topological polar surface area (TPSA) is 48.5 Å². The number of carbonyl (C=O) groups excluding carboxylic acids is 1. The van der Waals surface area contributed by atoms with E-state index in [1.807, 2.05) is 6.92 Å². The maximum Gasteiger partial charge on any atom is 0.241 e. The van der Waals surface area contributed by atoms with E-state index in [2.05, 4.69) is 20.1 Å². The van der Waals surface area contributed by atoms with Gasteiger partial charge in [0.25, 0.3) is 0 Å². The first-order valence-corrected chi connectivity index (χ1v) is 8.09. The van der Waals surface area contributed by atoms with E-state index in [9.17, 15) is 9.18 Å². The van der Waals surface area contributed by atoms with Crippen LogP contribution in [0.2, 0.25) is 0 Å². The molecular formula is C18H21FN4O. The van der Waals surface area contributed by atoms with E-state index in [0.717, 1.165) is 37.6 Å². The average Bonchev–Trinajstić information content (AvgIpc) is 2.63. The second-order valence-corrected chi connectivity index (χ2v) is 5.90. The molecule has 1 amide bonds. The zero-order valence-corrected chi connectivity index (χ0v) is 13.7. The Morgan fingerprint density at radius 3 is 2.33 bits per heavy atom. The lowest BCUT2D eigenvalue weighted by Gasteiger charge is -2.38. The van der Waals surface area contributed by atoms with E-state index < -0.39 is 0 Å². The molecule has 1 unspecified atom stereocenters. The first kappa shape index (κ1) is 16.4. The molecule has 2 aromatic rings. The normalized spacial score (nSPS) is 16.7. The Morgan fingerprint density at radius 1 is 1.08 bits per heavy atom. The maximum absolute atomic E-state index is 13.0. The van der Waals surface area contributed by atoms with E-state index >= 15 is 0 Å². The second-order valence-electron chi connectivity index (χ2n) is 5.90. The summed E-state index contributed by atoms with van der Waals surface area (Å²) in [6.07, 6.45) is 3.31.